The summed E-state index contributed by atoms with van der Waals surface area (Å²) in [5.74, 6) is 0.00439. The Kier molecular flexibility index (Phi) is 6.57. The molecule has 2 aromatic carbocycles. The number of benzene rings is 2. The predicted molar refractivity (Wildman–Crippen MR) is 118 cm³/mol. The maximum atomic E-state index is 12.8. The van der Waals surface area contributed by atoms with E-state index in [0.29, 0.717) is 18.6 Å². The molecule has 9 heteroatoms. The summed E-state index contributed by atoms with van der Waals surface area (Å²) < 4.78 is 39.4. The van der Waals surface area contributed by atoms with Crippen LogP contribution in [0, 0.1) is 5.92 Å². The van der Waals surface area contributed by atoms with Crippen molar-refractivity contribution in [3.05, 3.63) is 72.6 Å². The molecule has 1 aliphatic heterocycles. The Labute approximate surface area is 187 Å². The third-order valence-electron chi connectivity index (χ3n) is 5.57. The fraction of sp³-hybridized carbons (Fsp3) is 0.304. The second kappa shape index (κ2) is 9.54. The van der Waals surface area contributed by atoms with Crippen LogP contribution in [0.1, 0.15) is 18.4 Å². The maximum absolute atomic E-state index is 12.8. The first-order valence-electron chi connectivity index (χ1n) is 10.4. The number of carbonyl (C=O) groups is 1. The quantitative estimate of drug-likeness (QED) is 0.509. The van der Waals surface area contributed by atoms with Gasteiger partial charge in [0.25, 0.3) is 0 Å². The van der Waals surface area contributed by atoms with Gasteiger partial charge in [-0.25, -0.2) is 13.1 Å². The zero-order valence-corrected chi connectivity index (χ0v) is 18.6. The van der Waals surface area contributed by atoms with Gasteiger partial charge in [-0.2, -0.15) is 9.40 Å². The summed E-state index contributed by atoms with van der Waals surface area (Å²) in [7, 11) is -2.06. The van der Waals surface area contributed by atoms with Crippen molar-refractivity contribution in [1.29, 1.82) is 0 Å². The van der Waals surface area contributed by atoms with Crippen molar-refractivity contribution in [2.24, 2.45) is 5.92 Å². The van der Waals surface area contributed by atoms with E-state index < -0.39 is 10.0 Å². The zero-order valence-electron chi connectivity index (χ0n) is 17.8. The minimum Gasteiger partial charge on any atom is -0.497 e. The number of carbonyl (C=O) groups excluding carboxylic acids is 1. The van der Waals surface area contributed by atoms with Crippen molar-refractivity contribution >= 4 is 16.0 Å². The minimum atomic E-state index is -3.60. The van der Waals surface area contributed by atoms with Crippen LogP contribution in [0.4, 0.5) is 0 Å². The van der Waals surface area contributed by atoms with Gasteiger partial charge >= 0.3 is 5.97 Å². The molecule has 1 aromatic heterocycles. The first kappa shape index (κ1) is 22.0. The second-order valence-electron chi connectivity index (χ2n) is 7.58. The summed E-state index contributed by atoms with van der Waals surface area (Å²) in [6.45, 7) is 0.752. The molecule has 32 heavy (non-hydrogen) atoms. The molecule has 0 amide bonds. The molecule has 0 saturated carbocycles. The number of hydrogen-bond acceptors (Lipinski definition) is 6. The topological polar surface area (TPSA) is 90.7 Å². The number of nitrogens with zero attached hydrogens (tertiary/aromatic N) is 3. The van der Waals surface area contributed by atoms with Gasteiger partial charge in [0.1, 0.15) is 12.4 Å². The zero-order chi connectivity index (χ0) is 22.6. The number of esters is 1. The van der Waals surface area contributed by atoms with Crippen LogP contribution in [-0.2, 0) is 26.2 Å². The smallest absolute Gasteiger partial charge is 0.309 e. The van der Waals surface area contributed by atoms with E-state index in [-0.39, 0.29) is 36.5 Å². The molecular weight excluding hydrogens is 430 g/mol. The lowest BCUT2D eigenvalue weighted by atomic mass is 9.98. The van der Waals surface area contributed by atoms with Crippen LogP contribution in [0.3, 0.4) is 0 Å². The molecule has 3 aromatic rings. The number of rotatable bonds is 7. The van der Waals surface area contributed by atoms with E-state index in [9.17, 15) is 13.2 Å². The van der Waals surface area contributed by atoms with E-state index >= 15 is 0 Å². The van der Waals surface area contributed by atoms with Crippen LogP contribution in [0.5, 0.6) is 5.75 Å². The highest BCUT2D eigenvalue weighted by molar-refractivity contribution is 7.89. The molecule has 1 saturated heterocycles. The molecule has 1 fully saturated rings. The summed E-state index contributed by atoms with van der Waals surface area (Å²) in [5.41, 5.74) is 1.81. The SMILES string of the molecule is COc1ccc(S(=O)(=O)N2CCC(C(=O)OCc3ccc(-n4cccn4)cc3)CC2)cc1. The summed E-state index contributed by atoms with van der Waals surface area (Å²) in [6, 6.07) is 15.8. The average Bonchev–Trinajstić information content (AvgIpc) is 3.38. The second-order valence-corrected chi connectivity index (χ2v) is 9.52. The van der Waals surface area contributed by atoms with Gasteiger partial charge in [0, 0.05) is 25.5 Å². The number of aromatic nitrogens is 2. The van der Waals surface area contributed by atoms with Crippen molar-refractivity contribution in [3.8, 4) is 11.4 Å². The van der Waals surface area contributed by atoms with Gasteiger partial charge < -0.3 is 9.47 Å². The van der Waals surface area contributed by atoms with E-state index in [1.165, 1.54) is 23.5 Å². The van der Waals surface area contributed by atoms with Crippen LogP contribution in [-0.4, -0.2) is 48.7 Å². The van der Waals surface area contributed by atoms with Crippen LogP contribution in [0.25, 0.3) is 5.69 Å². The van der Waals surface area contributed by atoms with Crippen LogP contribution in [0.2, 0.25) is 0 Å². The maximum Gasteiger partial charge on any atom is 0.309 e. The largest absolute Gasteiger partial charge is 0.497 e. The highest BCUT2D eigenvalue weighted by Gasteiger charge is 2.32. The molecular formula is C23H25N3O5S. The van der Waals surface area contributed by atoms with Crippen molar-refractivity contribution in [3.63, 3.8) is 0 Å². The Morgan fingerprint density at radius 1 is 1.06 bits per heavy atom. The lowest BCUT2D eigenvalue weighted by Gasteiger charge is -2.30. The highest BCUT2D eigenvalue weighted by Crippen LogP contribution is 2.26. The fourth-order valence-electron chi connectivity index (χ4n) is 3.67. The van der Waals surface area contributed by atoms with Crippen molar-refractivity contribution < 1.29 is 22.7 Å². The van der Waals surface area contributed by atoms with Gasteiger partial charge in [0.15, 0.2) is 0 Å². The number of sulfonamides is 1. The lowest BCUT2D eigenvalue weighted by molar-refractivity contribution is -0.151. The monoisotopic (exact) mass is 455 g/mol. The number of hydrogen-bond donors (Lipinski definition) is 0. The van der Waals surface area contributed by atoms with E-state index in [4.69, 9.17) is 9.47 Å². The minimum absolute atomic E-state index is 0.183. The van der Waals surface area contributed by atoms with Gasteiger partial charge in [-0.1, -0.05) is 12.1 Å². The van der Waals surface area contributed by atoms with Gasteiger partial charge in [-0.15, -0.1) is 0 Å². The van der Waals surface area contributed by atoms with Crippen molar-refractivity contribution in [1.82, 2.24) is 14.1 Å². The molecule has 0 N–H and O–H groups in total. The summed E-state index contributed by atoms with van der Waals surface area (Å²) in [6.07, 6.45) is 4.44. The highest BCUT2D eigenvalue weighted by atomic mass is 32.2. The third kappa shape index (κ3) is 4.84. The molecule has 0 bridgehead atoms. The average molecular weight is 456 g/mol. The molecule has 4 rings (SSSR count). The summed E-state index contributed by atoms with van der Waals surface area (Å²) in [5, 5.41) is 4.18. The summed E-state index contributed by atoms with van der Waals surface area (Å²) in [4.78, 5) is 12.7. The van der Waals surface area contributed by atoms with Crippen molar-refractivity contribution in [2.75, 3.05) is 20.2 Å². The normalized spacial score (nSPS) is 15.4. The number of piperidine rings is 1. The van der Waals surface area contributed by atoms with E-state index in [2.05, 4.69) is 5.10 Å². The molecule has 1 aliphatic rings. The van der Waals surface area contributed by atoms with Crippen molar-refractivity contribution in [2.45, 2.75) is 24.3 Å². The van der Waals surface area contributed by atoms with E-state index in [1.54, 1.807) is 23.0 Å². The molecule has 0 unspecified atom stereocenters. The van der Waals surface area contributed by atoms with Gasteiger partial charge in [0.05, 0.1) is 23.6 Å². The molecule has 2 heterocycles. The number of ether oxygens (including phenoxy) is 2. The first-order valence-corrected chi connectivity index (χ1v) is 11.8. The molecule has 0 aliphatic carbocycles. The molecule has 0 atom stereocenters. The number of methoxy groups -OCH3 is 1. The van der Waals surface area contributed by atoms with E-state index in [1.807, 2.05) is 36.5 Å². The Morgan fingerprint density at radius 2 is 1.75 bits per heavy atom. The lowest BCUT2D eigenvalue weighted by Crippen LogP contribution is -2.40. The summed E-state index contributed by atoms with van der Waals surface area (Å²) >= 11 is 0. The van der Waals surface area contributed by atoms with Crippen LogP contribution >= 0.6 is 0 Å². The van der Waals surface area contributed by atoms with Gasteiger partial charge in [-0.05, 0) is 60.9 Å². The van der Waals surface area contributed by atoms with Gasteiger partial charge in [0.2, 0.25) is 10.0 Å². The molecule has 0 spiro atoms. The molecule has 0 radical (unpaired) electrons. The Hall–Kier alpha value is -3.17. The Morgan fingerprint density at radius 3 is 2.34 bits per heavy atom. The molecule has 8 nitrogen and oxygen atoms in total. The van der Waals surface area contributed by atoms with Crippen LogP contribution in [0.15, 0.2) is 71.9 Å². The van der Waals surface area contributed by atoms with Gasteiger partial charge in [-0.3, -0.25) is 4.79 Å². The van der Waals surface area contributed by atoms with Crippen LogP contribution < -0.4 is 4.74 Å². The fourth-order valence-corrected chi connectivity index (χ4v) is 5.14. The third-order valence-corrected chi connectivity index (χ3v) is 7.48. The Bertz CT molecular complexity index is 1140. The predicted octanol–water partition coefficient (Wildman–Crippen LogP) is 3.03. The first-order chi connectivity index (χ1) is 15.5. The standard InChI is InChI=1S/C23H25N3O5S/c1-30-21-7-9-22(10-8-21)32(28,29)25-15-11-19(12-16-25)23(27)31-17-18-3-5-20(6-4-18)26-14-2-13-24-26/h2-10,13-14,19H,11-12,15-17H2,1H3. The Balaban J connectivity index is 1.28. The van der Waals surface area contributed by atoms with E-state index in [0.717, 1.165) is 11.3 Å². The molecule has 168 valence electrons.